The van der Waals surface area contributed by atoms with Gasteiger partial charge in [-0.15, -0.1) is 0 Å². The monoisotopic (exact) mass is 298 g/mol. The molecule has 0 unspecified atom stereocenters. The van der Waals surface area contributed by atoms with Crippen LogP contribution in [0.25, 0.3) is 0 Å². The molecule has 4 heteroatoms. The van der Waals surface area contributed by atoms with Gasteiger partial charge in [-0.05, 0) is 36.7 Å². The fourth-order valence-corrected chi connectivity index (χ4v) is 2.88. The van der Waals surface area contributed by atoms with Crippen molar-refractivity contribution in [2.24, 2.45) is 0 Å². The van der Waals surface area contributed by atoms with Crippen molar-refractivity contribution in [1.29, 1.82) is 0 Å². The Morgan fingerprint density at radius 1 is 1.32 bits per heavy atom. The quantitative estimate of drug-likeness (QED) is 0.943. The molecule has 4 nitrogen and oxygen atoms in total. The molecular weight excluding hydrogens is 276 g/mol. The molecule has 0 saturated carbocycles. The lowest BCUT2D eigenvalue weighted by Gasteiger charge is -2.19. The summed E-state index contributed by atoms with van der Waals surface area (Å²) in [5.41, 5.74) is 2.84. The highest BCUT2D eigenvalue weighted by atomic mass is 16.5. The van der Waals surface area contributed by atoms with Crippen LogP contribution in [-0.2, 0) is 6.54 Å². The predicted octanol–water partition coefficient (Wildman–Crippen LogP) is 2.77. The van der Waals surface area contributed by atoms with E-state index < -0.39 is 6.10 Å². The fraction of sp³-hybridized carbons (Fsp3) is 0.389. The summed E-state index contributed by atoms with van der Waals surface area (Å²) in [7, 11) is 0. The molecule has 0 amide bonds. The van der Waals surface area contributed by atoms with Gasteiger partial charge in [-0.3, -0.25) is 9.88 Å². The Hall–Kier alpha value is -1.91. The Morgan fingerprint density at radius 3 is 3.00 bits per heavy atom. The summed E-state index contributed by atoms with van der Waals surface area (Å²) in [5.74, 6) is 0.931. The van der Waals surface area contributed by atoms with Crippen molar-refractivity contribution >= 4 is 0 Å². The Morgan fingerprint density at radius 2 is 2.23 bits per heavy atom. The van der Waals surface area contributed by atoms with Crippen molar-refractivity contribution in [3.8, 4) is 5.75 Å². The molecule has 0 saturated heterocycles. The molecule has 0 fully saturated rings. The molecule has 0 spiro atoms. The molecule has 1 N–H and O–H groups in total. The number of hydrogen-bond donors (Lipinski definition) is 1. The van der Waals surface area contributed by atoms with Crippen LogP contribution >= 0.6 is 0 Å². The number of nitrogens with zero attached hydrogens (tertiary/aromatic N) is 2. The highest BCUT2D eigenvalue weighted by molar-refractivity contribution is 5.40. The van der Waals surface area contributed by atoms with Gasteiger partial charge in [-0.1, -0.05) is 19.1 Å². The number of aliphatic hydroxyl groups excluding tert-OH is 1. The number of ether oxygens (including phenoxy) is 1. The van der Waals surface area contributed by atoms with Gasteiger partial charge in [0.15, 0.2) is 0 Å². The third-order valence-electron chi connectivity index (χ3n) is 4.00. The maximum absolute atomic E-state index is 10.5. The summed E-state index contributed by atoms with van der Waals surface area (Å²) >= 11 is 0. The first-order chi connectivity index (χ1) is 10.8. The summed E-state index contributed by atoms with van der Waals surface area (Å²) in [6.07, 6.45) is 3.90. The minimum Gasteiger partial charge on any atom is -0.492 e. The summed E-state index contributed by atoms with van der Waals surface area (Å²) in [4.78, 5) is 6.47. The summed E-state index contributed by atoms with van der Waals surface area (Å²) < 4.78 is 5.83. The van der Waals surface area contributed by atoms with Crippen molar-refractivity contribution in [2.45, 2.75) is 26.0 Å². The summed E-state index contributed by atoms with van der Waals surface area (Å²) in [5, 5.41) is 10.5. The Bertz CT molecular complexity index is 616. The highest BCUT2D eigenvalue weighted by Gasteiger charge is 2.18. The average molecular weight is 298 g/mol. The first-order valence-electron chi connectivity index (χ1n) is 7.84. The van der Waals surface area contributed by atoms with E-state index in [2.05, 4.69) is 22.9 Å². The van der Waals surface area contributed by atoms with E-state index in [4.69, 9.17) is 4.74 Å². The molecule has 0 bridgehead atoms. The normalized spacial score (nSPS) is 16.5. The van der Waals surface area contributed by atoms with E-state index in [1.54, 1.807) is 12.4 Å². The van der Waals surface area contributed by atoms with Gasteiger partial charge < -0.3 is 9.84 Å². The second kappa shape index (κ2) is 6.90. The Labute approximate surface area is 131 Å². The molecule has 1 aromatic heterocycles. The number of aromatic nitrogens is 1. The van der Waals surface area contributed by atoms with Gasteiger partial charge in [0.25, 0.3) is 0 Å². The highest BCUT2D eigenvalue weighted by Crippen LogP contribution is 2.29. The standard InChI is InChI=1S/C18H22N2O2/c1-2-8-20-9-10-22-17-6-5-14(11-16(17)13-20)18(21)15-4-3-7-19-12-15/h3-7,11-12,18,21H,2,8-10,13H2,1H3/t18-/m0/s1. The molecule has 1 aliphatic heterocycles. The largest absolute Gasteiger partial charge is 0.492 e. The van der Waals surface area contributed by atoms with Crippen LogP contribution < -0.4 is 4.74 Å². The molecule has 22 heavy (non-hydrogen) atoms. The molecular formula is C18H22N2O2. The van der Waals surface area contributed by atoms with Crippen LogP contribution in [0.5, 0.6) is 5.75 Å². The van der Waals surface area contributed by atoms with E-state index in [-0.39, 0.29) is 0 Å². The first kappa shape index (κ1) is 15.0. The van der Waals surface area contributed by atoms with Crippen LogP contribution in [0.4, 0.5) is 0 Å². The molecule has 1 aliphatic rings. The zero-order valence-electron chi connectivity index (χ0n) is 12.9. The number of hydrogen-bond acceptors (Lipinski definition) is 4. The summed E-state index contributed by atoms with van der Waals surface area (Å²) in [6.45, 7) is 5.80. The number of aliphatic hydroxyl groups is 1. The minimum atomic E-state index is -0.651. The molecule has 0 radical (unpaired) electrons. The maximum atomic E-state index is 10.5. The molecule has 3 rings (SSSR count). The van der Waals surface area contributed by atoms with Crippen molar-refractivity contribution in [2.75, 3.05) is 19.7 Å². The van der Waals surface area contributed by atoms with Crippen LogP contribution in [0.2, 0.25) is 0 Å². The lowest BCUT2D eigenvalue weighted by atomic mass is 10.0. The van der Waals surface area contributed by atoms with Crippen molar-refractivity contribution in [1.82, 2.24) is 9.88 Å². The van der Waals surface area contributed by atoms with Crippen LogP contribution in [0.15, 0.2) is 42.7 Å². The Balaban J connectivity index is 1.86. The van der Waals surface area contributed by atoms with E-state index in [0.717, 1.165) is 55.1 Å². The molecule has 2 heterocycles. The van der Waals surface area contributed by atoms with Crippen molar-refractivity contribution in [3.63, 3.8) is 0 Å². The molecule has 1 aromatic carbocycles. The minimum absolute atomic E-state index is 0.651. The van der Waals surface area contributed by atoms with E-state index in [0.29, 0.717) is 0 Å². The van der Waals surface area contributed by atoms with Crippen LogP contribution in [0, 0.1) is 0 Å². The van der Waals surface area contributed by atoms with Crippen LogP contribution in [0.1, 0.15) is 36.1 Å². The van der Waals surface area contributed by atoms with E-state index >= 15 is 0 Å². The lowest BCUT2D eigenvalue weighted by molar-refractivity contribution is 0.219. The second-order valence-electron chi connectivity index (χ2n) is 5.68. The summed E-state index contributed by atoms with van der Waals surface area (Å²) in [6, 6.07) is 9.70. The molecule has 1 atom stereocenters. The smallest absolute Gasteiger partial charge is 0.123 e. The van der Waals surface area contributed by atoms with Gasteiger partial charge in [0, 0.05) is 36.6 Å². The van der Waals surface area contributed by atoms with Crippen molar-refractivity contribution in [3.05, 3.63) is 59.4 Å². The maximum Gasteiger partial charge on any atom is 0.123 e. The molecule has 116 valence electrons. The van der Waals surface area contributed by atoms with Gasteiger partial charge in [0.1, 0.15) is 18.5 Å². The third kappa shape index (κ3) is 3.29. The SMILES string of the molecule is CCCN1CCOc2ccc([C@H](O)c3cccnc3)cc2C1. The van der Waals surface area contributed by atoms with Gasteiger partial charge in [-0.25, -0.2) is 0 Å². The predicted molar refractivity (Wildman–Crippen MR) is 85.8 cm³/mol. The average Bonchev–Trinajstić information content (AvgIpc) is 2.76. The van der Waals surface area contributed by atoms with E-state index in [9.17, 15) is 5.11 Å². The van der Waals surface area contributed by atoms with Crippen LogP contribution in [0.3, 0.4) is 0 Å². The first-order valence-corrected chi connectivity index (χ1v) is 7.84. The molecule has 0 aliphatic carbocycles. The second-order valence-corrected chi connectivity index (χ2v) is 5.68. The van der Waals surface area contributed by atoms with Gasteiger partial charge in [0.2, 0.25) is 0 Å². The van der Waals surface area contributed by atoms with Gasteiger partial charge in [0.05, 0.1) is 0 Å². The third-order valence-corrected chi connectivity index (χ3v) is 4.00. The zero-order valence-corrected chi connectivity index (χ0v) is 12.9. The molecule has 2 aromatic rings. The number of fused-ring (bicyclic) bond motifs is 1. The fourth-order valence-electron chi connectivity index (χ4n) is 2.88. The lowest BCUT2D eigenvalue weighted by Crippen LogP contribution is -2.26. The topological polar surface area (TPSA) is 45.6 Å². The Kier molecular flexibility index (Phi) is 4.71. The number of pyridine rings is 1. The van der Waals surface area contributed by atoms with Crippen molar-refractivity contribution < 1.29 is 9.84 Å². The van der Waals surface area contributed by atoms with Gasteiger partial charge in [-0.2, -0.15) is 0 Å². The van der Waals surface area contributed by atoms with E-state index in [1.165, 1.54) is 0 Å². The number of benzene rings is 1. The number of rotatable bonds is 4. The van der Waals surface area contributed by atoms with E-state index in [1.807, 2.05) is 24.3 Å². The van der Waals surface area contributed by atoms with Gasteiger partial charge >= 0.3 is 0 Å². The van der Waals surface area contributed by atoms with Crippen LogP contribution in [-0.4, -0.2) is 34.7 Å². The zero-order chi connectivity index (χ0) is 15.4.